The fourth-order valence-electron chi connectivity index (χ4n) is 3.82. The predicted molar refractivity (Wildman–Crippen MR) is 110 cm³/mol. The van der Waals surface area contributed by atoms with Crippen molar-refractivity contribution in [3.63, 3.8) is 0 Å². The molecule has 4 heterocycles. The molecule has 2 fully saturated rings. The average Bonchev–Trinajstić information content (AvgIpc) is 3.20. The second-order valence-corrected chi connectivity index (χ2v) is 7.45. The van der Waals surface area contributed by atoms with Crippen molar-refractivity contribution in [1.29, 1.82) is 0 Å². The summed E-state index contributed by atoms with van der Waals surface area (Å²) in [4.78, 5) is 23.4. The number of para-hydroxylation sites is 2. The molecule has 0 aliphatic carbocycles. The standard InChI is InChI=1S/C20H25N7O2/c1-14-15(2)29-12-9-26(14)19-22-18(25-7-10-28-11-8-25)23-20(24-19)27-13-21-16-5-3-4-6-17(16)27/h3-6,13-15H,7-12H2,1-2H3. The Bertz CT molecular complexity index is 1000. The van der Waals surface area contributed by atoms with E-state index in [2.05, 4.69) is 28.6 Å². The van der Waals surface area contributed by atoms with Gasteiger partial charge in [-0.3, -0.25) is 4.57 Å². The lowest BCUT2D eigenvalue weighted by Crippen LogP contribution is -2.49. The summed E-state index contributed by atoms with van der Waals surface area (Å²) in [6.07, 6.45) is 1.89. The van der Waals surface area contributed by atoms with Gasteiger partial charge in [0.1, 0.15) is 6.33 Å². The molecule has 3 aromatic rings. The Morgan fingerprint density at radius 3 is 2.52 bits per heavy atom. The molecular formula is C20H25N7O2. The van der Waals surface area contributed by atoms with Gasteiger partial charge in [-0.25, -0.2) is 4.98 Å². The third-order valence-corrected chi connectivity index (χ3v) is 5.70. The molecule has 9 heteroatoms. The van der Waals surface area contributed by atoms with E-state index in [0.717, 1.165) is 30.7 Å². The van der Waals surface area contributed by atoms with E-state index >= 15 is 0 Å². The Morgan fingerprint density at radius 2 is 1.66 bits per heavy atom. The van der Waals surface area contributed by atoms with E-state index in [0.29, 0.717) is 37.7 Å². The molecule has 0 spiro atoms. The summed E-state index contributed by atoms with van der Waals surface area (Å²) in [7, 11) is 0. The highest BCUT2D eigenvalue weighted by atomic mass is 16.5. The van der Waals surface area contributed by atoms with Gasteiger partial charge in [-0.05, 0) is 26.0 Å². The topological polar surface area (TPSA) is 81.4 Å². The molecule has 2 aliphatic heterocycles. The van der Waals surface area contributed by atoms with E-state index in [-0.39, 0.29) is 12.1 Å². The minimum atomic E-state index is 0.116. The number of nitrogens with zero attached hydrogens (tertiary/aromatic N) is 7. The number of aromatic nitrogens is 5. The van der Waals surface area contributed by atoms with Crippen LogP contribution in [-0.4, -0.2) is 76.1 Å². The summed E-state index contributed by atoms with van der Waals surface area (Å²) in [6.45, 7) is 8.53. The molecule has 2 aromatic heterocycles. The van der Waals surface area contributed by atoms with Gasteiger partial charge < -0.3 is 19.3 Å². The van der Waals surface area contributed by atoms with Crippen LogP contribution in [0.3, 0.4) is 0 Å². The summed E-state index contributed by atoms with van der Waals surface area (Å²) in [5.74, 6) is 1.94. The van der Waals surface area contributed by atoms with Crippen LogP contribution in [0.1, 0.15) is 13.8 Å². The van der Waals surface area contributed by atoms with Crippen LogP contribution in [0.25, 0.3) is 17.0 Å². The van der Waals surface area contributed by atoms with Crippen molar-refractivity contribution in [1.82, 2.24) is 24.5 Å². The molecule has 0 saturated carbocycles. The van der Waals surface area contributed by atoms with Gasteiger partial charge in [-0.15, -0.1) is 0 Å². The number of benzene rings is 1. The van der Waals surface area contributed by atoms with Crippen LogP contribution in [-0.2, 0) is 9.47 Å². The zero-order valence-electron chi connectivity index (χ0n) is 16.7. The molecule has 2 atom stereocenters. The van der Waals surface area contributed by atoms with Crippen molar-refractivity contribution in [2.24, 2.45) is 0 Å². The first-order valence-corrected chi connectivity index (χ1v) is 10.1. The number of rotatable bonds is 3. The van der Waals surface area contributed by atoms with E-state index in [1.54, 1.807) is 6.33 Å². The monoisotopic (exact) mass is 395 g/mol. The molecule has 152 valence electrons. The van der Waals surface area contributed by atoms with Gasteiger partial charge in [-0.2, -0.15) is 15.0 Å². The maximum Gasteiger partial charge on any atom is 0.242 e. The Kier molecular flexibility index (Phi) is 4.76. The average molecular weight is 395 g/mol. The molecule has 2 saturated heterocycles. The van der Waals surface area contributed by atoms with Crippen LogP contribution >= 0.6 is 0 Å². The van der Waals surface area contributed by atoms with Gasteiger partial charge in [0.05, 0.1) is 43.0 Å². The third-order valence-electron chi connectivity index (χ3n) is 5.70. The van der Waals surface area contributed by atoms with Gasteiger partial charge in [-0.1, -0.05) is 12.1 Å². The molecule has 0 N–H and O–H groups in total. The fourth-order valence-corrected chi connectivity index (χ4v) is 3.82. The van der Waals surface area contributed by atoms with Crippen LogP contribution in [0.15, 0.2) is 30.6 Å². The largest absolute Gasteiger partial charge is 0.378 e. The predicted octanol–water partition coefficient (Wildman–Crippen LogP) is 1.66. The first-order chi connectivity index (χ1) is 14.2. The maximum absolute atomic E-state index is 5.79. The summed E-state index contributed by atoms with van der Waals surface area (Å²) in [6, 6.07) is 8.17. The van der Waals surface area contributed by atoms with E-state index in [1.807, 2.05) is 28.8 Å². The van der Waals surface area contributed by atoms with Gasteiger partial charge in [0.25, 0.3) is 0 Å². The highest BCUT2D eigenvalue weighted by Crippen LogP contribution is 2.24. The van der Waals surface area contributed by atoms with E-state index in [4.69, 9.17) is 24.4 Å². The second kappa shape index (κ2) is 7.57. The molecule has 1 aromatic carbocycles. The highest BCUT2D eigenvalue weighted by molar-refractivity contribution is 5.76. The first-order valence-electron chi connectivity index (χ1n) is 10.1. The summed E-state index contributed by atoms with van der Waals surface area (Å²) in [5.41, 5.74) is 1.89. The van der Waals surface area contributed by atoms with Crippen molar-refractivity contribution in [2.45, 2.75) is 26.0 Å². The van der Waals surface area contributed by atoms with Crippen molar-refractivity contribution >= 4 is 22.9 Å². The van der Waals surface area contributed by atoms with Gasteiger partial charge in [0, 0.05) is 19.6 Å². The van der Waals surface area contributed by atoms with Crippen LogP contribution in [0.5, 0.6) is 0 Å². The summed E-state index contributed by atoms with van der Waals surface area (Å²) < 4.78 is 13.2. The zero-order valence-corrected chi connectivity index (χ0v) is 16.7. The molecule has 5 rings (SSSR count). The first kappa shape index (κ1) is 18.3. The number of morpholine rings is 2. The fraction of sp³-hybridized carbons (Fsp3) is 0.500. The number of ether oxygens (including phenoxy) is 2. The SMILES string of the molecule is CC1OCCN(c2nc(N3CCOCC3)nc(-n3cnc4ccccc43)n2)C1C. The lowest BCUT2D eigenvalue weighted by atomic mass is 10.1. The molecule has 9 nitrogen and oxygen atoms in total. The Hall–Kier alpha value is -2.78. The second-order valence-electron chi connectivity index (χ2n) is 7.45. The van der Waals surface area contributed by atoms with Crippen molar-refractivity contribution in [2.75, 3.05) is 49.3 Å². The van der Waals surface area contributed by atoms with E-state index < -0.39 is 0 Å². The van der Waals surface area contributed by atoms with Gasteiger partial charge in [0.15, 0.2) is 0 Å². The number of imidazole rings is 1. The Balaban J connectivity index is 1.62. The third kappa shape index (κ3) is 3.40. The molecule has 29 heavy (non-hydrogen) atoms. The summed E-state index contributed by atoms with van der Waals surface area (Å²) >= 11 is 0. The minimum Gasteiger partial charge on any atom is -0.378 e. The summed E-state index contributed by atoms with van der Waals surface area (Å²) in [5, 5.41) is 0. The quantitative estimate of drug-likeness (QED) is 0.662. The molecular weight excluding hydrogens is 370 g/mol. The number of fused-ring (bicyclic) bond motifs is 1. The lowest BCUT2D eigenvalue weighted by molar-refractivity contribution is 0.0277. The minimum absolute atomic E-state index is 0.116. The highest BCUT2D eigenvalue weighted by Gasteiger charge is 2.29. The maximum atomic E-state index is 5.79. The van der Waals surface area contributed by atoms with E-state index in [1.165, 1.54) is 0 Å². The molecule has 0 bridgehead atoms. The van der Waals surface area contributed by atoms with E-state index in [9.17, 15) is 0 Å². The van der Waals surface area contributed by atoms with Gasteiger partial charge in [0.2, 0.25) is 17.8 Å². The lowest BCUT2D eigenvalue weighted by Gasteiger charge is -2.38. The Labute approximate surface area is 169 Å². The van der Waals surface area contributed by atoms with Crippen molar-refractivity contribution in [3.05, 3.63) is 30.6 Å². The van der Waals surface area contributed by atoms with Crippen molar-refractivity contribution < 1.29 is 9.47 Å². The van der Waals surface area contributed by atoms with Crippen molar-refractivity contribution in [3.8, 4) is 5.95 Å². The molecule has 0 amide bonds. The van der Waals surface area contributed by atoms with Crippen LogP contribution in [0.2, 0.25) is 0 Å². The Morgan fingerprint density at radius 1 is 0.897 bits per heavy atom. The molecule has 2 unspecified atom stereocenters. The zero-order chi connectivity index (χ0) is 19.8. The van der Waals surface area contributed by atoms with Gasteiger partial charge >= 0.3 is 0 Å². The normalized spacial score (nSPS) is 23.0. The number of anilines is 2. The molecule has 2 aliphatic rings. The number of hydrogen-bond acceptors (Lipinski definition) is 8. The molecule has 0 radical (unpaired) electrons. The van der Waals surface area contributed by atoms with Crippen LogP contribution in [0.4, 0.5) is 11.9 Å². The van der Waals surface area contributed by atoms with Crippen LogP contribution < -0.4 is 9.80 Å². The van der Waals surface area contributed by atoms with Crippen LogP contribution in [0, 0.1) is 0 Å². The smallest absolute Gasteiger partial charge is 0.242 e. The number of hydrogen-bond donors (Lipinski definition) is 0.